The lowest BCUT2D eigenvalue weighted by Crippen LogP contribution is -1.83. The smallest absolute Gasteiger partial charge is 0.171 e. The minimum absolute atomic E-state index is 0.0852. The molecule has 0 saturated heterocycles. The first-order valence-corrected chi connectivity index (χ1v) is 5.83. The third-order valence-corrected chi connectivity index (χ3v) is 4.07. The second-order valence-electron chi connectivity index (χ2n) is 3.00. The number of aryl methyl sites for hydroxylation is 1. The molecule has 0 aliphatic carbocycles. The van der Waals surface area contributed by atoms with Crippen LogP contribution in [-0.4, -0.2) is 10.8 Å². The van der Waals surface area contributed by atoms with E-state index in [9.17, 15) is 4.79 Å². The number of carbonyl (C=O) groups is 1. The van der Waals surface area contributed by atoms with E-state index < -0.39 is 0 Å². The number of rotatable bonds is 2. The van der Waals surface area contributed by atoms with Crippen LogP contribution in [-0.2, 0) is 0 Å². The molecule has 14 heavy (non-hydrogen) atoms. The molecule has 2 heterocycles. The predicted octanol–water partition coefficient (Wildman–Crippen LogP) is 3.38. The van der Waals surface area contributed by atoms with Gasteiger partial charge in [-0.2, -0.15) is 0 Å². The van der Waals surface area contributed by atoms with Crippen molar-refractivity contribution in [3.63, 3.8) is 0 Å². The largest absolute Gasteiger partial charge is 0.294 e. The van der Waals surface area contributed by atoms with E-state index in [1.807, 2.05) is 6.07 Å². The fourth-order valence-corrected chi connectivity index (χ4v) is 2.84. The van der Waals surface area contributed by atoms with E-state index in [1.54, 1.807) is 24.5 Å². The van der Waals surface area contributed by atoms with Crippen molar-refractivity contribution in [3.05, 3.63) is 28.1 Å². The van der Waals surface area contributed by atoms with Gasteiger partial charge in [0, 0.05) is 18.0 Å². The van der Waals surface area contributed by atoms with Crippen LogP contribution in [0.4, 0.5) is 0 Å². The molecule has 0 N–H and O–H groups in total. The second kappa shape index (κ2) is 3.63. The lowest BCUT2D eigenvalue weighted by atomic mass is 10.4. The lowest BCUT2D eigenvalue weighted by molar-refractivity contribution is 0.102. The van der Waals surface area contributed by atoms with Crippen LogP contribution in [0.15, 0.2) is 18.3 Å². The van der Waals surface area contributed by atoms with Crippen molar-refractivity contribution in [1.82, 2.24) is 4.98 Å². The number of thiazole rings is 1. The summed E-state index contributed by atoms with van der Waals surface area (Å²) >= 11 is 3.16. The molecule has 0 amide bonds. The molecule has 2 rings (SSSR count). The van der Waals surface area contributed by atoms with Gasteiger partial charge in [-0.1, -0.05) is 0 Å². The molecular formula is C10H9NOS2. The fourth-order valence-electron chi connectivity index (χ4n) is 1.10. The van der Waals surface area contributed by atoms with Crippen molar-refractivity contribution in [2.45, 2.75) is 13.8 Å². The molecule has 0 aliphatic rings. The lowest BCUT2D eigenvalue weighted by Gasteiger charge is -1.86. The molecule has 0 unspecified atom stereocenters. The summed E-state index contributed by atoms with van der Waals surface area (Å²) in [5, 5.41) is 0.938. The van der Waals surface area contributed by atoms with Crippen molar-refractivity contribution in [1.29, 1.82) is 0 Å². The first kappa shape index (κ1) is 9.55. The molecule has 0 bridgehead atoms. The van der Waals surface area contributed by atoms with E-state index >= 15 is 0 Å². The highest BCUT2D eigenvalue weighted by molar-refractivity contribution is 7.22. The van der Waals surface area contributed by atoms with E-state index in [2.05, 4.69) is 18.0 Å². The van der Waals surface area contributed by atoms with Crippen LogP contribution in [0.5, 0.6) is 0 Å². The molecule has 2 nitrogen and oxygen atoms in total. The normalized spacial score (nSPS) is 10.4. The standard InChI is InChI=1S/C10H9NOS2/c1-6-3-4-8(13-6)10-11-5-9(14-10)7(2)12/h3-5H,1-2H3. The van der Waals surface area contributed by atoms with E-state index in [4.69, 9.17) is 0 Å². The Morgan fingerprint density at radius 2 is 2.14 bits per heavy atom. The van der Waals surface area contributed by atoms with Crippen LogP contribution in [0.1, 0.15) is 21.5 Å². The molecular weight excluding hydrogens is 214 g/mol. The van der Waals surface area contributed by atoms with Crippen molar-refractivity contribution in [3.8, 4) is 9.88 Å². The summed E-state index contributed by atoms with van der Waals surface area (Å²) in [6.45, 7) is 3.63. The molecule has 0 saturated carbocycles. The quantitative estimate of drug-likeness (QED) is 0.730. The van der Waals surface area contributed by atoms with Gasteiger partial charge >= 0.3 is 0 Å². The van der Waals surface area contributed by atoms with Gasteiger partial charge < -0.3 is 0 Å². The Balaban J connectivity index is 2.38. The highest BCUT2D eigenvalue weighted by Crippen LogP contribution is 2.30. The number of Topliss-reactive ketones (excluding diaryl/α,β-unsaturated/α-hetero) is 1. The molecule has 0 atom stereocenters. The second-order valence-corrected chi connectivity index (χ2v) is 5.31. The van der Waals surface area contributed by atoms with Gasteiger partial charge in [-0.05, 0) is 19.1 Å². The van der Waals surface area contributed by atoms with E-state index in [-0.39, 0.29) is 5.78 Å². The minimum Gasteiger partial charge on any atom is -0.294 e. The first-order valence-electron chi connectivity index (χ1n) is 4.20. The maximum Gasteiger partial charge on any atom is 0.171 e. The zero-order chi connectivity index (χ0) is 10.1. The third kappa shape index (κ3) is 1.76. The minimum atomic E-state index is 0.0852. The number of thiophene rings is 1. The molecule has 0 spiro atoms. The number of nitrogens with zero attached hydrogens (tertiary/aromatic N) is 1. The van der Waals surface area contributed by atoms with Gasteiger partial charge in [-0.15, -0.1) is 22.7 Å². The van der Waals surface area contributed by atoms with Gasteiger partial charge in [-0.25, -0.2) is 4.98 Å². The van der Waals surface area contributed by atoms with E-state index in [1.165, 1.54) is 16.2 Å². The number of aromatic nitrogens is 1. The van der Waals surface area contributed by atoms with Crippen LogP contribution >= 0.6 is 22.7 Å². The van der Waals surface area contributed by atoms with Crippen molar-refractivity contribution in [2.24, 2.45) is 0 Å². The Bertz CT molecular complexity index is 470. The third-order valence-electron chi connectivity index (χ3n) is 1.80. The number of hydrogen-bond acceptors (Lipinski definition) is 4. The Labute approximate surface area is 90.2 Å². The number of hydrogen-bond donors (Lipinski definition) is 0. The maximum absolute atomic E-state index is 11.1. The van der Waals surface area contributed by atoms with Crippen LogP contribution in [0, 0.1) is 6.92 Å². The molecule has 0 fully saturated rings. The van der Waals surface area contributed by atoms with E-state index in [0.29, 0.717) is 0 Å². The van der Waals surface area contributed by atoms with E-state index in [0.717, 1.165) is 14.8 Å². The zero-order valence-electron chi connectivity index (χ0n) is 7.90. The van der Waals surface area contributed by atoms with Gasteiger partial charge in [0.2, 0.25) is 0 Å². The average molecular weight is 223 g/mol. The van der Waals surface area contributed by atoms with Crippen LogP contribution < -0.4 is 0 Å². The summed E-state index contributed by atoms with van der Waals surface area (Å²) in [4.78, 5) is 18.4. The van der Waals surface area contributed by atoms with Gasteiger partial charge in [0.05, 0.1) is 9.75 Å². The van der Waals surface area contributed by atoms with Crippen molar-refractivity contribution >= 4 is 28.5 Å². The molecule has 0 radical (unpaired) electrons. The molecule has 2 aromatic rings. The Morgan fingerprint density at radius 1 is 1.36 bits per heavy atom. The zero-order valence-corrected chi connectivity index (χ0v) is 9.54. The highest BCUT2D eigenvalue weighted by Gasteiger charge is 2.08. The highest BCUT2D eigenvalue weighted by atomic mass is 32.1. The number of ketones is 1. The summed E-state index contributed by atoms with van der Waals surface area (Å²) in [5.74, 6) is 0.0852. The summed E-state index contributed by atoms with van der Waals surface area (Å²) in [5.41, 5.74) is 0. The SMILES string of the molecule is CC(=O)c1cnc(-c2ccc(C)s2)s1. The summed E-state index contributed by atoms with van der Waals surface area (Å²) in [7, 11) is 0. The molecule has 4 heteroatoms. The maximum atomic E-state index is 11.1. The molecule has 0 aliphatic heterocycles. The predicted molar refractivity (Wildman–Crippen MR) is 60.2 cm³/mol. The molecule has 0 aromatic carbocycles. The van der Waals surface area contributed by atoms with Gasteiger partial charge in [0.25, 0.3) is 0 Å². The van der Waals surface area contributed by atoms with Crippen LogP contribution in [0.25, 0.3) is 9.88 Å². The summed E-state index contributed by atoms with van der Waals surface area (Å²) < 4.78 is 0. The van der Waals surface area contributed by atoms with Gasteiger partial charge in [-0.3, -0.25) is 4.79 Å². The first-order chi connectivity index (χ1) is 6.66. The Morgan fingerprint density at radius 3 is 2.64 bits per heavy atom. The van der Waals surface area contributed by atoms with Gasteiger partial charge in [0.1, 0.15) is 5.01 Å². The monoisotopic (exact) mass is 223 g/mol. The van der Waals surface area contributed by atoms with Crippen molar-refractivity contribution in [2.75, 3.05) is 0 Å². The molecule has 2 aromatic heterocycles. The molecule has 72 valence electrons. The van der Waals surface area contributed by atoms with Gasteiger partial charge in [0.15, 0.2) is 5.78 Å². The van der Waals surface area contributed by atoms with Crippen LogP contribution in [0.2, 0.25) is 0 Å². The average Bonchev–Trinajstić information content (AvgIpc) is 2.70. The summed E-state index contributed by atoms with van der Waals surface area (Å²) in [6, 6.07) is 4.11. The Hall–Kier alpha value is -1.00. The van der Waals surface area contributed by atoms with Crippen molar-refractivity contribution < 1.29 is 4.79 Å². The Kier molecular flexibility index (Phi) is 2.48. The summed E-state index contributed by atoms with van der Waals surface area (Å²) in [6.07, 6.45) is 1.65. The topological polar surface area (TPSA) is 30.0 Å². The fraction of sp³-hybridized carbons (Fsp3) is 0.200. The number of carbonyl (C=O) groups excluding carboxylic acids is 1. The van der Waals surface area contributed by atoms with Crippen LogP contribution in [0.3, 0.4) is 0 Å².